The van der Waals surface area contributed by atoms with Crippen LogP contribution in [0.1, 0.15) is 47.2 Å². The number of fused-ring (bicyclic) bond motifs is 1. The first kappa shape index (κ1) is 31.0. The summed E-state index contributed by atoms with van der Waals surface area (Å²) >= 11 is 1.44. The second-order valence-electron chi connectivity index (χ2n) is 7.84. The number of Topliss-reactive ketones (excluding diaryl/α,β-unsaturated/α-hetero) is 1. The number of alkyl halides is 3. The van der Waals surface area contributed by atoms with Crippen LogP contribution in [0.4, 0.5) is 13.2 Å². The molecule has 3 aromatic rings. The molecule has 0 aliphatic carbocycles. The van der Waals surface area contributed by atoms with Gasteiger partial charge in [0.15, 0.2) is 0 Å². The molecule has 0 aliphatic heterocycles. The van der Waals surface area contributed by atoms with Crippen LogP contribution in [0.15, 0.2) is 18.5 Å². The number of methoxy groups -OCH3 is 1. The van der Waals surface area contributed by atoms with Gasteiger partial charge in [-0.25, -0.2) is 15.0 Å². The summed E-state index contributed by atoms with van der Waals surface area (Å²) in [4.78, 5) is 26.2. The van der Waals surface area contributed by atoms with Crippen molar-refractivity contribution in [1.82, 2.24) is 15.0 Å². The Morgan fingerprint density at radius 2 is 1.89 bits per heavy atom. The van der Waals surface area contributed by atoms with Gasteiger partial charge in [0.1, 0.15) is 28.3 Å². The number of carbonyl (C=O) groups is 1. The molecule has 3 aromatic heterocycles. The fraction of sp³-hybridized carbons (Fsp3) is 0.455. The number of aromatic nitrogens is 3. The van der Waals surface area contributed by atoms with Crippen LogP contribution < -0.4 is 10.5 Å². The molecule has 3 rings (SSSR count). The Morgan fingerprint density at radius 1 is 1.20 bits per heavy atom. The van der Waals surface area contributed by atoms with Gasteiger partial charge in [0.2, 0.25) is 5.88 Å². The molecule has 7 nitrogen and oxygen atoms in total. The quantitative estimate of drug-likeness (QED) is 0.409. The molecule has 0 spiro atoms. The summed E-state index contributed by atoms with van der Waals surface area (Å²) in [5, 5.41) is 0.836. The van der Waals surface area contributed by atoms with Crippen molar-refractivity contribution in [3.63, 3.8) is 0 Å². The molecule has 0 bridgehead atoms. The first-order chi connectivity index (χ1) is 15.5. The number of rotatable bonds is 9. The number of aryl methyl sites for hydroxylation is 1. The minimum absolute atomic E-state index is 0. The van der Waals surface area contributed by atoms with Crippen LogP contribution in [-0.4, -0.2) is 40.5 Å². The third kappa shape index (κ3) is 7.74. The average Bonchev–Trinajstić information content (AvgIpc) is 3.11. The number of nitrogens with two attached hydrogens (primary N) is 1. The minimum atomic E-state index is -4.68. The van der Waals surface area contributed by atoms with Crippen LogP contribution in [0.3, 0.4) is 0 Å². The summed E-state index contributed by atoms with van der Waals surface area (Å²) in [5.74, 6) is -0.840. The van der Waals surface area contributed by atoms with Crippen molar-refractivity contribution in [3.05, 3.63) is 45.7 Å². The molecule has 35 heavy (non-hydrogen) atoms. The lowest BCUT2D eigenvalue weighted by atomic mass is 9.97. The summed E-state index contributed by atoms with van der Waals surface area (Å²) in [5.41, 5.74) is 6.72. The fourth-order valence-electron chi connectivity index (χ4n) is 3.37. The summed E-state index contributed by atoms with van der Waals surface area (Å²) in [6.45, 7) is 5.21. The normalized spacial score (nSPS) is 13.0. The number of hydrogen-bond acceptors (Lipinski definition) is 8. The average molecular weight is 553 g/mol. The largest absolute Gasteiger partial charge is 0.476 e. The molecule has 2 N–H and O–H groups in total. The Bertz CT molecular complexity index is 1160. The Balaban J connectivity index is 0.00000306. The number of carbonyl (C=O) groups excluding carboxylic acids is 1. The van der Waals surface area contributed by atoms with Gasteiger partial charge in [-0.2, -0.15) is 26.7 Å². The zero-order chi connectivity index (χ0) is 24.3. The van der Waals surface area contributed by atoms with E-state index in [2.05, 4.69) is 15.0 Å². The van der Waals surface area contributed by atoms with Crippen LogP contribution in [-0.2, 0) is 28.5 Å². The molecule has 0 radical (unpaired) electrons. The third-order valence-corrected chi connectivity index (χ3v) is 5.78. The standard InChI is InChI=1S/C22H25F3N4O3S.ClH.H2S/c1-11(26)10-32-20-17(22(23,24)25)6-14(8-27-20)5-16(30)7-15-9-28-21-19(29-13(3)33-21)18(15)12(2)31-4;;/h6,8-9,11-12H,5,7,10,26H2,1-4H3;1H;1H2/t11-,12-;;/m0../s1. The maximum atomic E-state index is 13.5. The molecule has 3 heterocycles. The summed E-state index contributed by atoms with van der Waals surface area (Å²) < 4.78 is 51.1. The highest BCUT2D eigenvalue weighted by atomic mass is 35.5. The van der Waals surface area contributed by atoms with Gasteiger partial charge in [-0.1, -0.05) is 11.3 Å². The molecule has 2 atom stereocenters. The van der Waals surface area contributed by atoms with Crippen molar-refractivity contribution in [2.24, 2.45) is 5.73 Å². The van der Waals surface area contributed by atoms with Crippen LogP contribution >= 0.6 is 37.2 Å². The highest BCUT2D eigenvalue weighted by Crippen LogP contribution is 2.36. The van der Waals surface area contributed by atoms with E-state index in [1.54, 1.807) is 20.2 Å². The number of ether oxygens (including phenoxy) is 2. The second-order valence-corrected chi connectivity index (χ2v) is 9.02. The van der Waals surface area contributed by atoms with Gasteiger partial charge in [-0.15, -0.1) is 12.4 Å². The number of hydrogen-bond donors (Lipinski definition) is 1. The maximum Gasteiger partial charge on any atom is 0.421 e. The first-order valence-corrected chi connectivity index (χ1v) is 11.0. The van der Waals surface area contributed by atoms with Gasteiger partial charge < -0.3 is 15.2 Å². The van der Waals surface area contributed by atoms with Crippen molar-refractivity contribution >= 4 is 53.4 Å². The zero-order valence-electron chi connectivity index (χ0n) is 19.6. The van der Waals surface area contributed by atoms with Crippen molar-refractivity contribution in [3.8, 4) is 5.88 Å². The molecular weight excluding hydrogens is 525 g/mol. The van der Waals surface area contributed by atoms with Gasteiger partial charge >= 0.3 is 6.18 Å². The lowest BCUT2D eigenvalue weighted by molar-refractivity contribution is -0.139. The topological polar surface area (TPSA) is 100 Å². The molecular formula is C22H28ClF3N4O3S2. The van der Waals surface area contributed by atoms with E-state index in [1.165, 1.54) is 17.5 Å². The fourth-order valence-corrected chi connectivity index (χ4v) is 4.15. The monoisotopic (exact) mass is 552 g/mol. The molecule has 0 saturated carbocycles. The van der Waals surface area contributed by atoms with E-state index in [0.29, 0.717) is 11.1 Å². The molecule has 194 valence electrons. The minimum Gasteiger partial charge on any atom is -0.476 e. The lowest BCUT2D eigenvalue weighted by Crippen LogP contribution is -2.25. The Hall–Kier alpha value is -1.99. The predicted molar refractivity (Wildman–Crippen MR) is 136 cm³/mol. The molecule has 0 amide bonds. The Morgan fingerprint density at radius 3 is 2.49 bits per heavy atom. The van der Waals surface area contributed by atoms with Crippen LogP contribution in [0.25, 0.3) is 10.3 Å². The van der Waals surface area contributed by atoms with Crippen LogP contribution in [0.5, 0.6) is 5.88 Å². The van der Waals surface area contributed by atoms with Gasteiger partial charge in [0.25, 0.3) is 0 Å². The Labute approximate surface area is 218 Å². The highest BCUT2D eigenvalue weighted by molar-refractivity contribution is 7.59. The predicted octanol–water partition coefficient (Wildman–Crippen LogP) is 4.74. The lowest BCUT2D eigenvalue weighted by Gasteiger charge is -2.16. The van der Waals surface area contributed by atoms with E-state index in [4.69, 9.17) is 15.2 Å². The maximum absolute atomic E-state index is 13.5. The van der Waals surface area contributed by atoms with E-state index in [-0.39, 0.29) is 62.8 Å². The third-order valence-electron chi connectivity index (χ3n) is 4.90. The molecule has 13 heteroatoms. The summed E-state index contributed by atoms with van der Waals surface area (Å²) in [7, 11) is 1.56. The smallest absolute Gasteiger partial charge is 0.421 e. The van der Waals surface area contributed by atoms with E-state index >= 15 is 0 Å². The van der Waals surface area contributed by atoms with Crippen molar-refractivity contribution in [1.29, 1.82) is 0 Å². The highest BCUT2D eigenvalue weighted by Gasteiger charge is 2.36. The van der Waals surface area contributed by atoms with Gasteiger partial charge in [0, 0.05) is 44.0 Å². The zero-order valence-corrected chi connectivity index (χ0v) is 22.2. The molecule has 0 aromatic carbocycles. The molecule has 0 saturated heterocycles. The van der Waals surface area contributed by atoms with Crippen molar-refractivity contribution in [2.75, 3.05) is 13.7 Å². The van der Waals surface area contributed by atoms with Crippen molar-refractivity contribution < 1.29 is 27.4 Å². The molecule has 0 aliphatic rings. The number of halogens is 4. The van der Waals surface area contributed by atoms with Crippen LogP contribution in [0.2, 0.25) is 0 Å². The Kier molecular flexibility index (Phi) is 11.4. The van der Waals surface area contributed by atoms with Crippen molar-refractivity contribution in [2.45, 2.75) is 51.9 Å². The first-order valence-electron chi connectivity index (χ1n) is 10.2. The van der Waals surface area contributed by atoms with Gasteiger partial charge in [0.05, 0.1) is 11.1 Å². The number of ketones is 1. The molecule has 0 unspecified atom stereocenters. The van der Waals surface area contributed by atoms with Crippen LogP contribution in [0, 0.1) is 6.92 Å². The van der Waals surface area contributed by atoms with E-state index < -0.39 is 23.7 Å². The van der Waals surface area contributed by atoms with Gasteiger partial charge in [-0.05, 0) is 38.0 Å². The summed E-state index contributed by atoms with van der Waals surface area (Å²) in [6, 6.07) is 0.441. The molecule has 0 fully saturated rings. The number of thiazole rings is 1. The van der Waals surface area contributed by atoms with Gasteiger partial charge in [-0.3, -0.25) is 4.79 Å². The second kappa shape index (κ2) is 12.8. The van der Waals surface area contributed by atoms with E-state index in [9.17, 15) is 18.0 Å². The number of pyridine rings is 2. The van der Waals surface area contributed by atoms with E-state index in [1.807, 2.05) is 13.8 Å². The SMILES string of the molecule is CO[C@@H](C)c1c(CC(=O)Cc2cnc(OC[C@H](C)N)c(C(F)(F)F)c2)cnc2sc(C)nc12.Cl.S. The number of nitrogens with zero attached hydrogens (tertiary/aromatic N) is 3. The summed E-state index contributed by atoms with van der Waals surface area (Å²) in [6.07, 6.45) is -2.44. The van der Waals surface area contributed by atoms with E-state index in [0.717, 1.165) is 21.5 Å².